The van der Waals surface area contributed by atoms with Gasteiger partial charge in [-0.2, -0.15) is 5.10 Å². The highest BCUT2D eigenvalue weighted by Crippen LogP contribution is 2.29. The Labute approximate surface area is 216 Å². The van der Waals surface area contributed by atoms with Gasteiger partial charge in [0.1, 0.15) is 12.4 Å². The minimum absolute atomic E-state index is 0.120. The first-order valence-electron chi connectivity index (χ1n) is 11.5. The number of hydrogen-bond donors (Lipinski definition) is 2. The van der Waals surface area contributed by atoms with Crippen LogP contribution in [0.4, 0.5) is 16.3 Å². The van der Waals surface area contributed by atoms with Crippen LogP contribution in [0.25, 0.3) is 5.69 Å². The van der Waals surface area contributed by atoms with E-state index in [9.17, 15) is 9.59 Å². The predicted molar refractivity (Wildman–Crippen MR) is 143 cm³/mol. The highest BCUT2D eigenvalue weighted by Gasteiger charge is 2.23. The zero-order chi connectivity index (χ0) is 25.6. The van der Waals surface area contributed by atoms with Crippen LogP contribution in [0.1, 0.15) is 46.2 Å². The smallest absolute Gasteiger partial charge is 0.315 e. The summed E-state index contributed by atoms with van der Waals surface area (Å²) in [6.07, 6.45) is 1.65. The number of nitrogens with zero attached hydrogens (tertiary/aromatic N) is 3. The van der Waals surface area contributed by atoms with Gasteiger partial charge >= 0.3 is 6.03 Å². The molecular formula is C26H31Cl2N5O2. The Morgan fingerprint density at radius 2 is 1.77 bits per heavy atom. The molecule has 0 bridgehead atoms. The molecule has 3 rings (SSSR count). The van der Waals surface area contributed by atoms with Crippen molar-refractivity contribution in [2.24, 2.45) is 0 Å². The largest absolute Gasteiger partial charge is 0.322 e. The van der Waals surface area contributed by atoms with Crippen LogP contribution in [0.5, 0.6) is 0 Å². The second kappa shape index (κ2) is 11.6. The Hall–Kier alpha value is -3.03. The van der Waals surface area contributed by atoms with Gasteiger partial charge in [0, 0.05) is 28.7 Å². The van der Waals surface area contributed by atoms with Crippen molar-refractivity contribution >= 4 is 46.6 Å². The zero-order valence-electron chi connectivity index (χ0n) is 20.4. The van der Waals surface area contributed by atoms with E-state index in [1.165, 1.54) is 4.90 Å². The molecule has 0 fully saturated rings. The third-order valence-corrected chi connectivity index (χ3v) is 5.86. The molecule has 0 unspecified atom stereocenters. The molecule has 0 radical (unpaired) electrons. The normalized spacial score (nSPS) is 11.3. The summed E-state index contributed by atoms with van der Waals surface area (Å²) in [5.74, 6) is 0.148. The molecule has 2 N–H and O–H groups in total. The number of nitrogens with one attached hydrogen (secondary N) is 2. The monoisotopic (exact) mass is 515 g/mol. The van der Waals surface area contributed by atoms with Gasteiger partial charge in [-0.05, 0) is 36.8 Å². The Morgan fingerprint density at radius 1 is 1.03 bits per heavy atom. The minimum Gasteiger partial charge on any atom is -0.315 e. The molecule has 7 nitrogen and oxygen atoms in total. The Morgan fingerprint density at radius 3 is 2.43 bits per heavy atom. The van der Waals surface area contributed by atoms with Gasteiger partial charge in [-0.3, -0.25) is 4.79 Å². The maximum atomic E-state index is 13.1. The summed E-state index contributed by atoms with van der Waals surface area (Å²) in [6, 6.07) is 15.7. The third kappa shape index (κ3) is 7.23. The summed E-state index contributed by atoms with van der Waals surface area (Å²) >= 11 is 12.4. The molecule has 0 spiro atoms. The number of amides is 3. The number of carbonyl (C=O) groups excluding carboxylic acids is 2. The van der Waals surface area contributed by atoms with Crippen LogP contribution >= 0.6 is 23.2 Å². The Bertz CT molecular complexity index is 1190. The SMILES string of the molecule is CCCCN(CC(=O)Nc1cc(C(C)(C)C)nn1-c1ccccc1Cl)C(=O)Nc1cccc(Cl)c1. The Balaban J connectivity index is 1.82. The fourth-order valence-electron chi connectivity index (χ4n) is 3.37. The summed E-state index contributed by atoms with van der Waals surface area (Å²) in [5, 5.41) is 11.5. The summed E-state index contributed by atoms with van der Waals surface area (Å²) in [4.78, 5) is 27.5. The molecule has 3 amide bonds. The molecule has 0 aliphatic rings. The van der Waals surface area contributed by atoms with Gasteiger partial charge in [0.25, 0.3) is 0 Å². The van der Waals surface area contributed by atoms with Crippen LogP contribution < -0.4 is 10.6 Å². The lowest BCUT2D eigenvalue weighted by Gasteiger charge is -2.22. The average Bonchev–Trinajstić information content (AvgIpc) is 3.21. The molecule has 0 aliphatic carbocycles. The molecule has 1 heterocycles. The van der Waals surface area contributed by atoms with Crippen LogP contribution in [0, 0.1) is 0 Å². The van der Waals surface area contributed by atoms with Crippen LogP contribution in [-0.2, 0) is 10.2 Å². The summed E-state index contributed by atoms with van der Waals surface area (Å²) < 4.78 is 1.63. The van der Waals surface area contributed by atoms with Crippen molar-refractivity contribution in [1.82, 2.24) is 14.7 Å². The van der Waals surface area contributed by atoms with Crippen molar-refractivity contribution < 1.29 is 9.59 Å². The fraction of sp³-hybridized carbons (Fsp3) is 0.346. The van der Waals surface area contributed by atoms with Gasteiger partial charge in [0.05, 0.1) is 16.4 Å². The maximum absolute atomic E-state index is 13.1. The van der Waals surface area contributed by atoms with Gasteiger partial charge in [-0.15, -0.1) is 0 Å². The van der Waals surface area contributed by atoms with E-state index >= 15 is 0 Å². The summed E-state index contributed by atoms with van der Waals surface area (Å²) in [5.41, 5.74) is 1.78. The number of aromatic nitrogens is 2. The number of para-hydroxylation sites is 1. The number of hydrogen-bond acceptors (Lipinski definition) is 3. The number of unbranched alkanes of at least 4 members (excludes halogenated alkanes) is 1. The van der Waals surface area contributed by atoms with Crippen LogP contribution in [0.2, 0.25) is 10.0 Å². The van der Waals surface area contributed by atoms with Crippen molar-refractivity contribution in [1.29, 1.82) is 0 Å². The van der Waals surface area contributed by atoms with E-state index in [-0.39, 0.29) is 23.9 Å². The molecule has 0 atom stereocenters. The van der Waals surface area contributed by atoms with Crippen molar-refractivity contribution in [2.75, 3.05) is 23.7 Å². The highest BCUT2D eigenvalue weighted by molar-refractivity contribution is 6.32. The first-order chi connectivity index (χ1) is 16.6. The Kier molecular flexibility index (Phi) is 8.81. The average molecular weight is 516 g/mol. The number of anilines is 2. The second-order valence-electron chi connectivity index (χ2n) is 9.29. The number of benzene rings is 2. The van der Waals surface area contributed by atoms with Crippen LogP contribution in [0.3, 0.4) is 0 Å². The molecule has 1 aromatic heterocycles. The van der Waals surface area contributed by atoms with E-state index in [0.29, 0.717) is 33.8 Å². The van der Waals surface area contributed by atoms with Gasteiger partial charge < -0.3 is 15.5 Å². The predicted octanol–water partition coefficient (Wildman–Crippen LogP) is 6.75. The fourth-order valence-corrected chi connectivity index (χ4v) is 3.78. The third-order valence-electron chi connectivity index (χ3n) is 5.31. The molecule has 0 aliphatic heterocycles. The lowest BCUT2D eigenvalue weighted by Crippen LogP contribution is -2.41. The topological polar surface area (TPSA) is 79.3 Å². The standard InChI is InChI=1S/C26H31Cl2N5O2/c1-5-6-14-32(25(35)29-19-11-9-10-18(27)15-19)17-24(34)30-23-16-22(26(2,3)4)31-33(23)21-13-8-7-12-20(21)28/h7-13,15-16H,5-6,14,17H2,1-4H3,(H,29,35)(H,30,34). The number of urea groups is 1. The van der Waals surface area contributed by atoms with Gasteiger partial charge in [0.15, 0.2) is 0 Å². The first kappa shape index (κ1) is 26.6. The first-order valence-corrected chi connectivity index (χ1v) is 12.3. The number of rotatable bonds is 8. The van der Waals surface area contributed by atoms with E-state index in [1.807, 2.05) is 52.0 Å². The van der Waals surface area contributed by atoms with Gasteiger partial charge in [-0.25, -0.2) is 9.48 Å². The van der Waals surface area contributed by atoms with Gasteiger partial charge in [0.2, 0.25) is 5.91 Å². The van der Waals surface area contributed by atoms with E-state index in [4.69, 9.17) is 28.3 Å². The van der Waals surface area contributed by atoms with Crippen LogP contribution in [0.15, 0.2) is 54.6 Å². The quantitative estimate of drug-likeness (QED) is 0.348. The summed E-state index contributed by atoms with van der Waals surface area (Å²) in [6.45, 7) is 8.49. The van der Waals surface area contributed by atoms with Crippen molar-refractivity contribution in [3.8, 4) is 5.69 Å². The summed E-state index contributed by atoms with van der Waals surface area (Å²) in [7, 11) is 0. The molecule has 0 saturated carbocycles. The molecule has 35 heavy (non-hydrogen) atoms. The molecule has 186 valence electrons. The maximum Gasteiger partial charge on any atom is 0.322 e. The minimum atomic E-state index is -0.370. The van der Waals surface area contributed by atoms with E-state index in [0.717, 1.165) is 18.5 Å². The molecule has 0 saturated heterocycles. The lowest BCUT2D eigenvalue weighted by atomic mass is 9.92. The number of halogens is 2. The molecule has 9 heteroatoms. The van der Waals surface area contributed by atoms with E-state index in [1.54, 1.807) is 35.0 Å². The zero-order valence-corrected chi connectivity index (χ0v) is 22.0. The molecule has 2 aromatic carbocycles. The van der Waals surface area contributed by atoms with Crippen LogP contribution in [-0.4, -0.2) is 39.7 Å². The van der Waals surface area contributed by atoms with E-state index < -0.39 is 0 Å². The van der Waals surface area contributed by atoms with Crippen molar-refractivity contribution in [3.05, 3.63) is 70.3 Å². The lowest BCUT2D eigenvalue weighted by molar-refractivity contribution is -0.116. The molecule has 3 aromatic rings. The van der Waals surface area contributed by atoms with Crippen molar-refractivity contribution in [3.63, 3.8) is 0 Å². The second-order valence-corrected chi connectivity index (χ2v) is 10.1. The van der Waals surface area contributed by atoms with E-state index in [2.05, 4.69) is 10.6 Å². The highest BCUT2D eigenvalue weighted by atomic mass is 35.5. The molecular weight excluding hydrogens is 485 g/mol. The van der Waals surface area contributed by atoms with Gasteiger partial charge in [-0.1, -0.05) is 75.5 Å². The number of carbonyl (C=O) groups is 2. The van der Waals surface area contributed by atoms with Crippen molar-refractivity contribution in [2.45, 2.75) is 46.0 Å².